The Hall–Kier alpha value is -0.210. The molecule has 0 saturated carbocycles. The topological polar surface area (TPSA) is 80.8 Å². The summed E-state index contributed by atoms with van der Waals surface area (Å²) in [6, 6.07) is 0. The van der Waals surface area contributed by atoms with Crippen molar-refractivity contribution in [1.82, 2.24) is 0 Å². The van der Waals surface area contributed by atoms with Crippen LogP contribution in [0.2, 0.25) is 0 Å². The highest BCUT2D eigenvalue weighted by Gasteiger charge is 2.27. The summed E-state index contributed by atoms with van der Waals surface area (Å²) < 4.78 is 52.7. The maximum absolute atomic E-state index is 11.1. The van der Waals surface area contributed by atoms with E-state index in [0.717, 1.165) is 0 Å². The molecular formula is C7H19FO5S2. The number of hydrogen-bond acceptors (Lipinski definition) is 5. The van der Waals surface area contributed by atoms with Crippen molar-refractivity contribution in [3.8, 4) is 0 Å². The van der Waals surface area contributed by atoms with Crippen molar-refractivity contribution in [3.05, 3.63) is 0 Å². The van der Waals surface area contributed by atoms with E-state index in [-0.39, 0.29) is 13.4 Å². The first-order valence-electron chi connectivity index (χ1n) is 3.97. The summed E-state index contributed by atoms with van der Waals surface area (Å²) in [7, 11) is -7.08. The van der Waals surface area contributed by atoms with Crippen LogP contribution in [0.5, 0.6) is 0 Å². The van der Waals surface area contributed by atoms with Gasteiger partial charge in [0.25, 0.3) is 10.1 Å². The van der Waals surface area contributed by atoms with Gasteiger partial charge in [0.1, 0.15) is 0 Å². The normalized spacial score (nSPS) is 15.7. The highest BCUT2D eigenvalue weighted by Crippen LogP contribution is 2.07. The number of halogens is 1. The predicted molar refractivity (Wildman–Crippen MR) is 58.1 cm³/mol. The van der Waals surface area contributed by atoms with Gasteiger partial charge in [0.2, 0.25) is 0 Å². The molecule has 0 radical (unpaired) electrons. The van der Waals surface area contributed by atoms with Crippen LogP contribution >= 0.6 is 0 Å². The Bertz CT molecular complexity index is 309. The minimum Gasteiger partial charge on any atom is -0.249 e. The van der Waals surface area contributed by atoms with E-state index in [4.69, 9.17) is 0 Å². The van der Waals surface area contributed by atoms with E-state index < -0.39 is 26.1 Å². The molecule has 5 nitrogen and oxygen atoms in total. The second-order valence-electron chi connectivity index (χ2n) is 2.33. The highest BCUT2D eigenvalue weighted by atomic mass is 32.3. The Kier molecular flexibility index (Phi) is 12.2. The molecule has 1 heterocycles. The van der Waals surface area contributed by atoms with Crippen LogP contribution in [0.4, 0.5) is 3.89 Å². The lowest BCUT2D eigenvalue weighted by Gasteiger charge is -1.75. The zero-order valence-corrected chi connectivity index (χ0v) is 9.99. The van der Waals surface area contributed by atoms with Crippen LogP contribution in [-0.2, 0) is 24.5 Å². The number of hydrogen-bond donors (Lipinski definition) is 0. The first-order valence-corrected chi connectivity index (χ1v) is 7.10. The van der Waals surface area contributed by atoms with E-state index in [1.54, 1.807) is 0 Å². The van der Waals surface area contributed by atoms with Gasteiger partial charge in [-0.2, -0.15) is 16.8 Å². The van der Waals surface area contributed by atoms with E-state index in [1.165, 1.54) is 13.3 Å². The maximum Gasteiger partial charge on any atom is 0.302 e. The molecule has 15 heavy (non-hydrogen) atoms. The minimum atomic E-state index is -4.16. The fraction of sp³-hybridized carbons (Fsp3) is 1.00. The molecule has 1 rings (SSSR count). The van der Waals surface area contributed by atoms with Gasteiger partial charge in [-0.05, 0) is 6.92 Å². The Balaban J connectivity index is -0.000000147. The summed E-state index contributed by atoms with van der Waals surface area (Å²) >= 11 is 0. The molecule has 0 unspecified atom stereocenters. The van der Waals surface area contributed by atoms with Crippen LogP contribution in [0, 0.1) is 0 Å². The fourth-order valence-corrected chi connectivity index (χ4v) is 0.354. The minimum absolute atomic E-state index is 0. The highest BCUT2D eigenvalue weighted by molar-refractivity contribution is 7.91. The van der Waals surface area contributed by atoms with Gasteiger partial charge in [-0.1, -0.05) is 27.7 Å². The third kappa shape index (κ3) is 31.6. The lowest BCUT2D eigenvalue weighted by Crippen LogP contribution is -1.90. The Morgan fingerprint density at radius 3 is 1.40 bits per heavy atom. The molecule has 0 aromatic heterocycles. The van der Waals surface area contributed by atoms with Crippen molar-refractivity contribution in [2.24, 2.45) is 0 Å². The van der Waals surface area contributed by atoms with Crippen LogP contribution < -0.4 is 0 Å². The summed E-state index contributed by atoms with van der Waals surface area (Å²) in [5, 5.41) is 0. The van der Waals surface area contributed by atoms with Gasteiger partial charge in [0.15, 0.2) is 5.94 Å². The largest absolute Gasteiger partial charge is 0.302 e. The molecule has 0 amide bonds. The first-order chi connectivity index (χ1) is 6.18. The molecule has 1 aliphatic heterocycles. The molecule has 0 aromatic carbocycles. The lowest BCUT2D eigenvalue weighted by molar-refractivity contribution is 0.519. The smallest absolute Gasteiger partial charge is 0.249 e. The summed E-state index contributed by atoms with van der Waals surface area (Å²) in [5.41, 5.74) is 0. The maximum atomic E-state index is 11.1. The zero-order valence-electron chi connectivity index (χ0n) is 8.36. The second kappa shape index (κ2) is 9.05. The van der Waals surface area contributed by atoms with Crippen LogP contribution in [0.15, 0.2) is 0 Å². The molecule has 1 fully saturated rings. The summed E-state index contributed by atoms with van der Waals surface area (Å²) in [4.78, 5) is 0. The molecule has 0 bridgehead atoms. The van der Waals surface area contributed by atoms with Crippen molar-refractivity contribution in [2.75, 3.05) is 11.7 Å². The van der Waals surface area contributed by atoms with Gasteiger partial charge in [-0.25, -0.2) is 4.18 Å². The van der Waals surface area contributed by atoms with Crippen LogP contribution in [0.1, 0.15) is 34.6 Å². The Morgan fingerprint density at radius 1 is 1.27 bits per heavy atom. The lowest BCUT2D eigenvalue weighted by atomic mass is 10.6. The Labute approximate surface area is 92.0 Å². The van der Waals surface area contributed by atoms with E-state index in [9.17, 15) is 20.7 Å². The average molecular weight is 266 g/mol. The van der Waals surface area contributed by atoms with Crippen LogP contribution in [0.25, 0.3) is 0 Å². The zero-order chi connectivity index (χ0) is 11.8. The van der Waals surface area contributed by atoms with E-state index in [0.29, 0.717) is 0 Å². The van der Waals surface area contributed by atoms with Crippen molar-refractivity contribution in [3.63, 3.8) is 0 Å². The molecule has 0 aliphatic carbocycles. The quantitative estimate of drug-likeness (QED) is 0.532. The third-order valence-corrected chi connectivity index (χ3v) is 1.97. The molecule has 96 valence electrons. The van der Waals surface area contributed by atoms with Gasteiger partial charge in [-0.15, -0.1) is 3.89 Å². The molecule has 0 atom stereocenters. The average Bonchev–Trinajstić information content (AvgIpc) is 2.67. The second-order valence-corrected chi connectivity index (χ2v) is 5.57. The third-order valence-electron chi connectivity index (χ3n) is 0.655. The molecule has 1 aliphatic rings. The Morgan fingerprint density at radius 2 is 1.40 bits per heavy atom. The van der Waals surface area contributed by atoms with Crippen LogP contribution in [-0.4, -0.2) is 28.5 Å². The van der Waals surface area contributed by atoms with Gasteiger partial charge in [0, 0.05) is 0 Å². The summed E-state index contributed by atoms with van der Waals surface area (Å²) in [6.45, 7) is 5.50. The number of rotatable bonds is 1. The van der Waals surface area contributed by atoms with Crippen molar-refractivity contribution >= 4 is 20.3 Å². The van der Waals surface area contributed by atoms with Crippen LogP contribution in [0.3, 0.4) is 0 Å². The molecular weight excluding hydrogens is 247 g/mol. The molecule has 0 aromatic rings. The predicted octanol–water partition coefficient (Wildman–Crippen LogP) is 1.66. The van der Waals surface area contributed by atoms with Crippen molar-refractivity contribution < 1.29 is 24.9 Å². The van der Waals surface area contributed by atoms with E-state index in [2.05, 4.69) is 18.0 Å². The summed E-state index contributed by atoms with van der Waals surface area (Å²) in [5.74, 6) is -0.500. The SMILES string of the molecule is C.CCC.CCS(=O)(=O)F.O=S1(=O)CO1. The fourth-order valence-electron chi connectivity index (χ4n) is 0.0393. The standard InChI is InChI=1S/C3H8.C2H5FO2S.CH2O3S.CH4/c1-3-2;1-2-6(3,4)5;2-5(3)1-4-5;/h3H2,1-2H3;2H2,1H3;1H2;1H4. The van der Waals surface area contributed by atoms with Crippen molar-refractivity contribution in [1.29, 1.82) is 0 Å². The van der Waals surface area contributed by atoms with Gasteiger partial charge in [0.05, 0.1) is 5.75 Å². The monoisotopic (exact) mass is 266 g/mol. The van der Waals surface area contributed by atoms with E-state index in [1.807, 2.05) is 0 Å². The summed E-state index contributed by atoms with van der Waals surface area (Å²) in [6.07, 6.45) is 1.25. The van der Waals surface area contributed by atoms with Crippen molar-refractivity contribution in [2.45, 2.75) is 34.6 Å². The molecule has 8 heteroatoms. The molecule has 1 saturated heterocycles. The molecule has 0 spiro atoms. The van der Waals surface area contributed by atoms with Gasteiger partial charge < -0.3 is 0 Å². The van der Waals surface area contributed by atoms with E-state index >= 15 is 0 Å². The molecule has 0 N–H and O–H groups in total. The first kappa shape index (κ1) is 20.2. The van der Waals surface area contributed by atoms with Gasteiger partial charge >= 0.3 is 10.2 Å². The van der Waals surface area contributed by atoms with Gasteiger partial charge in [-0.3, -0.25) is 0 Å².